The van der Waals surface area contributed by atoms with Crippen LogP contribution in [0.2, 0.25) is 0 Å². The summed E-state index contributed by atoms with van der Waals surface area (Å²) >= 11 is 0. The Balaban J connectivity index is 1.72. The first-order chi connectivity index (χ1) is 15.6. The lowest BCUT2D eigenvalue weighted by atomic mass is 9.96. The molecule has 3 aromatic carbocycles. The second kappa shape index (κ2) is 11.4. The van der Waals surface area contributed by atoms with E-state index in [1.165, 1.54) is 0 Å². The first kappa shape index (κ1) is 22.6. The molecule has 162 valence electrons. The van der Waals surface area contributed by atoms with E-state index >= 15 is 0 Å². The molecule has 0 saturated heterocycles. The molecular weight excluding hydrogens is 400 g/mol. The molecule has 0 amide bonds. The molecule has 0 aliphatic rings. The fourth-order valence-electron chi connectivity index (χ4n) is 3.43. The van der Waals surface area contributed by atoms with E-state index in [9.17, 15) is 4.79 Å². The molecule has 1 atom stereocenters. The van der Waals surface area contributed by atoms with E-state index in [0.717, 1.165) is 33.7 Å². The maximum atomic E-state index is 11.1. The predicted molar refractivity (Wildman–Crippen MR) is 128 cm³/mol. The molecule has 2 N–H and O–H groups in total. The minimum absolute atomic E-state index is 0.00676. The van der Waals surface area contributed by atoms with Gasteiger partial charge in [-0.2, -0.15) is 0 Å². The molecule has 0 aliphatic carbocycles. The summed E-state index contributed by atoms with van der Waals surface area (Å²) < 4.78 is 0. The Hall–Kier alpha value is -4.04. The van der Waals surface area contributed by atoms with Crippen LogP contribution in [0.3, 0.4) is 0 Å². The van der Waals surface area contributed by atoms with Crippen molar-refractivity contribution in [2.75, 3.05) is 12.4 Å². The quantitative estimate of drug-likeness (QED) is 0.277. The third-order valence-electron chi connectivity index (χ3n) is 4.94. The average Bonchev–Trinajstić information content (AvgIpc) is 2.82. The van der Waals surface area contributed by atoms with Crippen LogP contribution in [0.1, 0.15) is 41.5 Å². The maximum Gasteiger partial charge on any atom is 0.304 e. The molecule has 0 aromatic heterocycles. The zero-order chi connectivity index (χ0) is 22.8. The summed E-state index contributed by atoms with van der Waals surface area (Å²) in [5.74, 6) is 4.64. The first-order valence-electron chi connectivity index (χ1n) is 10.3. The number of carboxylic acid groups (broad SMARTS) is 1. The van der Waals surface area contributed by atoms with Gasteiger partial charge in [-0.3, -0.25) is 4.79 Å². The number of carboxylic acids is 1. The van der Waals surface area contributed by atoms with Gasteiger partial charge in [-0.25, -0.2) is 0 Å². The van der Waals surface area contributed by atoms with E-state index in [1.54, 1.807) is 14.0 Å². The molecule has 3 aromatic rings. The van der Waals surface area contributed by atoms with Crippen LogP contribution in [0.25, 0.3) is 0 Å². The van der Waals surface area contributed by atoms with Crippen molar-refractivity contribution >= 4 is 17.4 Å². The van der Waals surface area contributed by atoms with Gasteiger partial charge >= 0.3 is 5.97 Å². The Morgan fingerprint density at radius 2 is 1.75 bits per heavy atom. The highest BCUT2D eigenvalue weighted by Crippen LogP contribution is 2.22. The Labute approximate surface area is 188 Å². The Bertz CT molecular complexity index is 1130. The van der Waals surface area contributed by atoms with Crippen molar-refractivity contribution in [2.45, 2.75) is 25.8 Å². The number of nitrogens with zero attached hydrogens (tertiary/aromatic N) is 1. The highest BCUT2D eigenvalue weighted by Gasteiger charge is 2.13. The van der Waals surface area contributed by atoms with Gasteiger partial charge in [0.2, 0.25) is 0 Å². The number of hydrogen-bond acceptors (Lipinski definition) is 4. The molecule has 0 spiro atoms. The number of benzene rings is 3. The van der Waals surface area contributed by atoms with Gasteiger partial charge in [0.25, 0.3) is 0 Å². The summed E-state index contributed by atoms with van der Waals surface area (Å²) in [5, 5.41) is 16.8. The lowest BCUT2D eigenvalue weighted by Crippen LogP contribution is -2.06. The topological polar surface area (TPSA) is 70.9 Å². The number of carbonyl (C=O) groups is 1. The van der Waals surface area contributed by atoms with Crippen molar-refractivity contribution in [2.24, 2.45) is 5.16 Å². The first-order valence-corrected chi connectivity index (χ1v) is 10.3. The SMILES string of the molecule is CC#CC(CC(=O)O)c1ccc(NCc2cccc(C(=NOC)c3ccccc3)c2)cc1. The average molecular weight is 427 g/mol. The van der Waals surface area contributed by atoms with Gasteiger partial charge in [-0.1, -0.05) is 71.7 Å². The van der Waals surface area contributed by atoms with Crippen LogP contribution < -0.4 is 5.32 Å². The Kier molecular flexibility index (Phi) is 8.05. The second-order valence-electron chi connectivity index (χ2n) is 7.21. The monoisotopic (exact) mass is 426 g/mol. The third kappa shape index (κ3) is 6.23. The van der Waals surface area contributed by atoms with Crippen molar-refractivity contribution in [3.8, 4) is 11.8 Å². The molecule has 1 unspecified atom stereocenters. The molecule has 0 bridgehead atoms. The lowest BCUT2D eigenvalue weighted by Gasteiger charge is -2.12. The van der Waals surface area contributed by atoms with Crippen LogP contribution in [-0.2, 0) is 16.2 Å². The van der Waals surface area contributed by atoms with E-state index in [2.05, 4.69) is 34.4 Å². The number of oxime groups is 1. The molecule has 0 radical (unpaired) electrons. The fourth-order valence-corrected chi connectivity index (χ4v) is 3.43. The van der Waals surface area contributed by atoms with Crippen LogP contribution >= 0.6 is 0 Å². The molecular formula is C27H26N2O3. The summed E-state index contributed by atoms with van der Waals surface area (Å²) in [6.07, 6.45) is -0.00676. The summed E-state index contributed by atoms with van der Waals surface area (Å²) in [4.78, 5) is 16.2. The number of anilines is 1. The summed E-state index contributed by atoms with van der Waals surface area (Å²) in [6.45, 7) is 2.36. The van der Waals surface area contributed by atoms with Crippen molar-refractivity contribution in [1.82, 2.24) is 0 Å². The molecule has 3 rings (SSSR count). The summed E-state index contributed by atoms with van der Waals surface area (Å²) in [7, 11) is 1.55. The zero-order valence-electron chi connectivity index (χ0n) is 18.2. The maximum absolute atomic E-state index is 11.1. The van der Waals surface area contributed by atoms with E-state index in [1.807, 2.05) is 66.7 Å². The molecule has 0 saturated carbocycles. The molecule has 0 heterocycles. The number of nitrogens with one attached hydrogen (secondary N) is 1. The second-order valence-corrected chi connectivity index (χ2v) is 7.21. The molecule has 32 heavy (non-hydrogen) atoms. The van der Waals surface area contributed by atoms with E-state index < -0.39 is 5.97 Å². The van der Waals surface area contributed by atoms with Gasteiger partial charge in [0.05, 0.1) is 12.3 Å². The van der Waals surface area contributed by atoms with Gasteiger partial charge in [0, 0.05) is 23.4 Å². The molecule has 0 aliphatic heterocycles. The van der Waals surface area contributed by atoms with Crippen LogP contribution in [-0.4, -0.2) is 23.9 Å². The van der Waals surface area contributed by atoms with Gasteiger partial charge in [0.1, 0.15) is 12.8 Å². The molecule has 0 fully saturated rings. The number of hydrogen-bond donors (Lipinski definition) is 2. The van der Waals surface area contributed by atoms with E-state index in [0.29, 0.717) is 6.54 Å². The zero-order valence-corrected chi connectivity index (χ0v) is 18.2. The Morgan fingerprint density at radius 1 is 1.03 bits per heavy atom. The van der Waals surface area contributed by atoms with Gasteiger partial charge in [0.15, 0.2) is 0 Å². The predicted octanol–water partition coefficient (Wildman–Crippen LogP) is 5.28. The number of aliphatic carboxylic acids is 1. The van der Waals surface area contributed by atoms with E-state index in [-0.39, 0.29) is 12.3 Å². The van der Waals surface area contributed by atoms with Crippen molar-refractivity contribution < 1.29 is 14.7 Å². The standard InChI is InChI=1S/C27H26N2O3/c1-3-8-23(18-26(30)31)21-13-15-25(16-14-21)28-19-20-9-7-12-24(17-20)27(29-32-2)22-10-5-4-6-11-22/h4-7,9-17,23,28H,18-19H2,1-2H3,(H,30,31). The normalized spacial score (nSPS) is 11.8. The molecule has 5 nitrogen and oxygen atoms in total. The van der Waals surface area contributed by atoms with Crippen LogP contribution in [0, 0.1) is 11.8 Å². The van der Waals surface area contributed by atoms with Crippen LogP contribution in [0.4, 0.5) is 5.69 Å². The van der Waals surface area contributed by atoms with E-state index in [4.69, 9.17) is 9.94 Å². The minimum Gasteiger partial charge on any atom is -0.481 e. The third-order valence-corrected chi connectivity index (χ3v) is 4.94. The fraction of sp³-hybridized carbons (Fsp3) is 0.185. The minimum atomic E-state index is -0.855. The lowest BCUT2D eigenvalue weighted by molar-refractivity contribution is -0.137. The van der Waals surface area contributed by atoms with Gasteiger partial charge < -0.3 is 15.3 Å². The highest BCUT2D eigenvalue weighted by molar-refractivity contribution is 6.12. The summed E-state index contributed by atoms with van der Waals surface area (Å²) in [5.41, 5.74) is 5.69. The summed E-state index contributed by atoms with van der Waals surface area (Å²) in [6, 6.07) is 25.8. The smallest absolute Gasteiger partial charge is 0.304 e. The van der Waals surface area contributed by atoms with Crippen LogP contribution in [0.5, 0.6) is 0 Å². The van der Waals surface area contributed by atoms with Crippen molar-refractivity contribution in [1.29, 1.82) is 0 Å². The van der Waals surface area contributed by atoms with Crippen molar-refractivity contribution in [3.63, 3.8) is 0 Å². The van der Waals surface area contributed by atoms with Crippen LogP contribution in [0.15, 0.2) is 84.0 Å². The number of rotatable bonds is 9. The van der Waals surface area contributed by atoms with Gasteiger partial charge in [-0.05, 0) is 36.2 Å². The van der Waals surface area contributed by atoms with Crippen molar-refractivity contribution in [3.05, 3.63) is 101 Å². The largest absolute Gasteiger partial charge is 0.481 e. The highest BCUT2D eigenvalue weighted by atomic mass is 16.6. The molecule has 5 heteroatoms. The Morgan fingerprint density at radius 3 is 2.41 bits per heavy atom. The van der Waals surface area contributed by atoms with Gasteiger partial charge in [-0.15, -0.1) is 5.92 Å².